The molecule has 0 atom stereocenters. The predicted octanol–water partition coefficient (Wildman–Crippen LogP) is 3.12. The van der Waals surface area contributed by atoms with Gasteiger partial charge in [-0.05, 0) is 73.0 Å². The van der Waals surface area contributed by atoms with Crippen molar-refractivity contribution in [3.05, 3.63) is 0 Å². The van der Waals surface area contributed by atoms with Crippen molar-refractivity contribution >= 4 is 0 Å². The minimum Gasteiger partial charge on any atom is -0.0459 e. The molecule has 0 aromatic heterocycles. The molecule has 0 aliphatic heterocycles. The molecule has 0 saturated heterocycles. The van der Waals surface area contributed by atoms with Gasteiger partial charge in [-0.1, -0.05) is 0 Å². The molecule has 0 aromatic carbocycles. The fraction of sp³-hybridized carbons (Fsp3) is 1.00. The minimum atomic E-state index is 0.983. The first-order valence-corrected chi connectivity index (χ1v) is 5.83. The average molecular weight is 160 g/mol. The van der Waals surface area contributed by atoms with Gasteiger partial charge in [-0.15, -0.1) is 0 Å². The Morgan fingerprint density at radius 3 is 0.583 bits per heavy atom. The van der Waals surface area contributed by atoms with E-state index in [4.69, 9.17) is 0 Å². The molecule has 0 aromatic rings. The summed E-state index contributed by atoms with van der Waals surface area (Å²) in [5.74, 6) is 0. The zero-order valence-electron chi connectivity index (χ0n) is 7.66. The standard InChI is InChI=1S/C12H16/c1-2-10-4-3-9(1,10)11-5-7-12(10,11)8-6-11/h1-8H2. The Morgan fingerprint density at radius 1 is 0.333 bits per heavy atom. The normalized spacial score (nSPS) is 80.0. The molecule has 0 heteroatoms. The maximum atomic E-state index is 1.63. The van der Waals surface area contributed by atoms with Gasteiger partial charge in [0, 0.05) is 0 Å². The van der Waals surface area contributed by atoms with E-state index in [9.17, 15) is 0 Å². The Labute approximate surface area is 73.7 Å². The van der Waals surface area contributed by atoms with Crippen LogP contribution in [0.4, 0.5) is 0 Å². The van der Waals surface area contributed by atoms with Crippen molar-refractivity contribution in [2.45, 2.75) is 51.4 Å². The van der Waals surface area contributed by atoms with E-state index < -0.39 is 0 Å². The Morgan fingerprint density at radius 2 is 0.500 bits per heavy atom. The lowest BCUT2D eigenvalue weighted by Crippen LogP contribution is -2.95. The van der Waals surface area contributed by atoms with E-state index in [-0.39, 0.29) is 0 Å². The molecule has 0 spiro atoms. The second-order valence-corrected chi connectivity index (χ2v) is 6.33. The highest BCUT2D eigenvalue weighted by Crippen LogP contribution is 3.06. The van der Waals surface area contributed by atoms with Crippen molar-refractivity contribution < 1.29 is 0 Å². The van der Waals surface area contributed by atoms with Crippen LogP contribution in [0.1, 0.15) is 51.4 Å². The summed E-state index contributed by atoms with van der Waals surface area (Å²) in [6, 6.07) is 0. The van der Waals surface area contributed by atoms with Crippen LogP contribution in [0, 0.1) is 21.7 Å². The first kappa shape index (κ1) is 5.67. The number of hydrogen-bond donors (Lipinski definition) is 0. The van der Waals surface area contributed by atoms with Gasteiger partial charge < -0.3 is 0 Å². The molecular formula is C12H16. The summed E-state index contributed by atoms with van der Waals surface area (Å²) in [5.41, 5.74) is 3.93. The Hall–Kier alpha value is 0. The third kappa shape index (κ3) is 0.198. The number of hydrogen-bond acceptors (Lipinski definition) is 0. The van der Waals surface area contributed by atoms with Gasteiger partial charge in [0.1, 0.15) is 0 Å². The summed E-state index contributed by atoms with van der Waals surface area (Å²) >= 11 is 0. The first-order valence-electron chi connectivity index (χ1n) is 5.83. The fourth-order valence-electron chi connectivity index (χ4n) is 7.10. The largest absolute Gasteiger partial charge is 0.0459 e. The van der Waals surface area contributed by atoms with Crippen LogP contribution in [0.15, 0.2) is 0 Å². The van der Waals surface area contributed by atoms with Gasteiger partial charge in [0.15, 0.2) is 0 Å². The molecule has 0 amide bonds. The minimum absolute atomic E-state index is 0.983. The highest BCUT2D eigenvalue weighted by molar-refractivity contribution is 5.46. The summed E-state index contributed by atoms with van der Waals surface area (Å²) in [6.07, 6.45) is 13.1. The smallest absolute Gasteiger partial charge is 0.0173 e. The zero-order chi connectivity index (χ0) is 7.66. The van der Waals surface area contributed by atoms with E-state index in [2.05, 4.69) is 0 Å². The summed E-state index contributed by atoms with van der Waals surface area (Å²) < 4.78 is 0. The van der Waals surface area contributed by atoms with Gasteiger partial charge in [0.05, 0.1) is 0 Å². The molecule has 0 radical (unpaired) electrons. The monoisotopic (exact) mass is 160 g/mol. The molecule has 12 heavy (non-hydrogen) atoms. The van der Waals surface area contributed by atoms with Crippen molar-refractivity contribution in [2.75, 3.05) is 0 Å². The van der Waals surface area contributed by atoms with Crippen LogP contribution in [0.2, 0.25) is 0 Å². The Balaban J connectivity index is 1.82. The quantitative estimate of drug-likeness (QED) is 0.510. The average Bonchev–Trinajstić information content (AvgIpc) is 2.03. The molecule has 64 valence electrons. The maximum absolute atomic E-state index is 1.63. The molecule has 5 aliphatic carbocycles. The summed E-state index contributed by atoms with van der Waals surface area (Å²) in [6.45, 7) is 0. The molecule has 5 rings (SSSR count). The van der Waals surface area contributed by atoms with E-state index >= 15 is 0 Å². The highest BCUT2D eigenvalue weighted by atomic mass is 15.0. The number of rotatable bonds is 0. The van der Waals surface area contributed by atoms with E-state index in [1.54, 1.807) is 51.4 Å². The molecule has 0 heterocycles. The molecule has 5 fully saturated rings. The third-order valence-corrected chi connectivity index (χ3v) is 7.58. The molecule has 0 nitrogen and oxygen atoms in total. The van der Waals surface area contributed by atoms with Crippen LogP contribution in [0.3, 0.4) is 0 Å². The molecular weight excluding hydrogens is 144 g/mol. The van der Waals surface area contributed by atoms with Gasteiger partial charge in [0.2, 0.25) is 0 Å². The van der Waals surface area contributed by atoms with Gasteiger partial charge in [-0.25, -0.2) is 0 Å². The van der Waals surface area contributed by atoms with Crippen molar-refractivity contribution in [2.24, 2.45) is 21.7 Å². The summed E-state index contributed by atoms with van der Waals surface area (Å²) in [7, 11) is 0. The molecule has 0 bridgehead atoms. The van der Waals surface area contributed by atoms with Gasteiger partial charge in [-0.3, -0.25) is 0 Å². The van der Waals surface area contributed by atoms with Crippen LogP contribution >= 0.6 is 0 Å². The van der Waals surface area contributed by atoms with Crippen molar-refractivity contribution in [3.63, 3.8) is 0 Å². The SMILES string of the molecule is C1CC23CCC12C12CCC31CC2. The highest BCUT2D eigenvalue weighted by Gasteiger charge is 2.98. The second-order valence-electron chi connectivity index (χ2n) is 6.33. The van der Waals surface area contributed by atoms with Crippen LogP contribution in [-0.2, 0) is 0 Å². The summed E-state index contributed by atoms with van der Waals surface area (Å²) in [4.78, 5) is 0. The van der Waals surface area contributed by atoms with E-state index in [0.29, 0.717) is 0 Å². The van der Waals surface area contributed by atoms with Crippen LogP contribution in [0.25, 0.3) is 0 Å². The van der Waals surface area contributed by atoms with E-state index in [0.717, 1.165) is 21.7 Å². The third-order valence-electron chi connectivity index (χ3n) is 7.58. The van der Waals surface area contributed by atoms with Gasteiger partial charge in [0.25, 0.3) is 0 Å². The zero-order valence-corrected chi connectivity index (χ0v) is 7.66. The van der Waals surface area contributed by atoms with Crippen LogP contribution in [-0.4, -0.2) is 0 Å². The Kier molecular flexibility index (Phi) is 0.508. The lowest BCUT2D eigenvalue weighted by Gasteiger charge is -3.02. The van der Waals surface area contributed by atoms with E-state index in [1.807, 2.05) is 0 Å². The van der Waals surface area contributed by atoms with Crippen molar-refractivity contribution in [1.82, 2.24) is 0 Å². The van der Waals surface area contributed by atoms with Gasteiger partial charge in [-0.2, -0.15) is 0 Å². The van der Waals surface area contributed by atoms with Crippen molar-refractivity contribution in [1.29, 1.82) is 0 Å². The maximum Gasteiger partial charge on any atom is -0.0173 e. The fourth-order valence-corrected chi connectivity index (χ4v) is 7.10. The molecule has 5 saturated carbocycles. The Bertz CT molecular complexity index is 216. The van der Waals surface area contributed by atoms with Crippen LogP contribution < -0.4 is 0 Å². The molecule has 0 unspecified atom stereocenters. The van der Waals surface area contributed by atoms with Crippen molar-refractivity contribution in [3.8, 4) is 0 Å². The van der Waals surface area contributed by atoms with E-state index in [1.165, 1.54) is 0 Å². The van der Waals surface area contributed by atoms with Gasteiger partial charge >= 0.3 is 0 Å². The lowest BCUT2D eigenvalue weighted by molar-refractivity contribution is -0.542. The predicted molar refractivity (Wildman–Crippen MR) is 46.7 cm³/mol. The summed E-state index contributed by atoms with van der Waals surface area (Å²) in [5, 5.41) is 0. The topological polar surface area (TPSA) is 0 Å². The van der Waals surface area contributed by atoms with Crippen LogP contribution in [0.5, 0.6) is 0 Å². The first-order chi connectivity index (χ1) is 5.83. The molecule has 5 aliphatic rings. The lowest BCUT2D eigenvalue weighted by atomic mass is 9.01. The second kappa shape index (κ2) is 1.07. The molecule has 0 N–H and O–H groups in total.